The van der Waals surface area contributed by atoms with Crippen LogP contribution in [0, 0.1) is 13.8 Å². The number of aliphatic carboxylic acids is 1. The molecule has 0 saturated heterocycles. The third-order valence-corrected chi connectivity index (χ3v) is 3.76. The van der Waals surface area contributed by atoms with E-state index in [0.717, 1.165) is 10.7 Å². The third kappa shape index (κ3) is 2.94. The Morgan fingerprint density at radius 3 is 2.44 bits per heavy atom. The van der Waals surface area contributed by atoms with Gasteiger partial charge in [-0.3, -0.25) is 9.48 Å². The first kappa shape index (κ1) is 16.9. The van der Waals surface area contributed by atoms with E-state index in [2.05, 4.69) is 15.2 Å². The molecule has 0 aliphatic rings. The van der Waals surface area contributed by atoms with Crippen molar-refractivity contribution in [1.82, 2.24) is 24.5 Å². The second-order valence-corrected chi connectivity index (χ2v) is 5.69. The standard InChI is InChI=1S/C15H14F3N5O2/c1-7-9(5-22(3)20-7)11-4-10(15(16,17)18)13-8(2)21-23(6-12(24)25)14(13)19-11/h4-5H,6H2,1-3H3,(H,24,25). The van der Waals surface area contributed by atoms with Gasteiger partial charge in [0.25, 0.3) is 0 Å². The molecule has 0 fully saturated rings. The highest BCUT2D eigenvalue weighted by molar-refractivity contribution is 5.86. The van der Waals surface area contributed by atoms with E-state index in [0.29, 0.717) is 11.3 Å². The molecule has 3 rings (SSSR count). The first-order valence-electron chi connectivity index (χ1n) is 7.25. The number of carboxylic acids is 1. The van der Waals surface area contributed by atoms with Crippen molar-refractivity contribution < 1.29 is 23.1 Å². The van der Waals surface area contributed by atoms with Crippen molar-refractivity contribution in [3.63, 3.8) is 0 Å². The Morgan fingerprint density at radius 2 is 1.92 bits per heavy atom. The SMILES string of the molecule is Cc1nn(C)cc1-c1cc(C(F)(F)F)c2c(C)nn(CC(=O)O)c2n1. The second kappa shape index (κ2) is 5.57. The predicted octanol–water partition coefficient (Wildman–Crippen LogP) is 2.55. The molecule has 132 valence electrons. The number of hydrogen-bond donors (Lipinski definition) is 1. The average Bonchev–Trinajstić information content (AvgIpc) is 2.96. The Morgan fingerprint density at radius 1 is 1.24 bits per heavy atom. The van der Waals surface area contributed by atoms with Gasteiger partial charge in [-0.2, -0.15) is 23.4 Å². The lowest BCUT2D eigenvalue weighted by atomic mass is 10.1. The van der Waals surface area contributed by atoms with Crippen LogP contribution in [0.25, 0.3) is 22.3 Å². The number of carbonyl (C=O) groups is 1. The van der Waals surface area contributed by atoms with Crippen LogP contribution < -0.4 is 0 Å². The molecule has 3 aromatic heterocycles. The van der Waals surface area contributed by atoms with Crippen molar-refractivity contribution in [2.24, 2.45) is 7.05 Å². The number of rotatable bonds is 3. The molecule has 0 saturated carbocycles. The van der Waals surface area contributed by atoms with E-state index < -0.39 is 24.3 Å². The minimum atomic E-state index is -4.63. The quantitative estimate of drug-likeness (QED) is 0.782. The summed E-state index contributed by atoms with van der Waals surface area (Å²) in [7, 11) is 1.65. The summed E-state index contributed by atoms with van der Waals surface area (Å²) in [6.07, 6.45) is -3.07. The number of hydrogen-bond acceptors (Lipinski definition) is 4. The number of alkyl halides is 3. The van der Waals surface area contributed by atoms with E-state index in [4.69, 9.17) is 5.11 Å². The van der Waals surface area contributed by atoms with Crippen molar-refractivity contribution in [2.75, 3.05) is 0 Å². The summed E-state index contributed by atoms with van der Waals surface area (Å²) < 4.78 is 43.2. The Bertz CT molecular complexity index is 987. The lowest BCUT2D eigenvalue weighted by Crippen LogP contribution is -2.12. The predicted molar refractivity (Wildman–Crippen MR) is 81.8 cm³/mol. The molecule has 0 amide bonds. The van der Waals surface area contributed by atoms with Crippen LogP contribution in [0.2, 0.25) is 0 Å². The zero-order chi connectivity index (χ0) is 18.5. The van der Waals surface area contributed by atoms with Gasteiger partial charge in [0.1, 0.15) is 6.54 Å². The molecule has 0 radical (unpaired) electrons. The molecule has 1 N–H and O–H groups in total. The number of halogens is 3. The maximum atomic E-state index is 13.6. The number of aromatic nitrogens is 5. The number of carboxylic acid groups (broad SMARTS) is 1. The fourth-order valence-corrected chi connectivity index (χ4v) is 2.80. The van der Waals surface area contributed by atoms with Crippen LogP contribution in [0.15, 0.2) is 12.3 Å². The number of nitrogens with zero attached hydrogens (tertiary/aromatic N) is 5. The average molecular weight is 353 g/mol. The third-order valence-electron chi connectivity index (χ3n) is 3.76. The van der Waals surface area contributed by atoms with Gasteiger partial charge in [0.05, 0.1) is 28.0 Å². The van der Waals surface area contributed by atoms with Gasteiger partial charge in [0, 0.05) is 18.8 Å². The molecule has 3 aromatic rings. The summed E-state index contributed by atoms with van der Waals surface area (Å²) >= 11 is 0. The highest BCUT2D eigenvalue weighted by Gasteiger charge is 2.36. The molecule has 0 aliphatic heterocycles. The molecular weight excluding hydrogens is 339 g/mol. The fourth-order valence-electron chi connectivity index (χ4n) is 2.80. The molecule has 25 heavy (non-hydrogen) atoms. The number of pyridine rings is 1. The van der Waals surface area contributed by atoms with Gasteiger partial charge in [-0.25, -0.2) is 9.67 Å². The highest BCUT2D eigenvalue weighted by Crippen LogP contribution is 2.38. The molecule has 0 aromatic carbocycles. The molecule has 0 atom stereocenters. The summed E-state index contributed by atoms with van der Waals surface area (Å²) in [5, 5.41) is 16.8. The van der Waals surface area contributed by atoms with Crippen molar-refractivity contribution in [3.8, 4) is 11.3 Å². The number of aryl methyl sites for hydroxylation is 3. The Hall–Kier alpha value is -2.91. The van der Waals surface area contributed by atoms with E-state index in [1.807, 2.05) is 0 Å². The molecule has 10 heteroatoms. The van der Waals surface area contributed by atoms with E-state index in [9.17, 15) is 18.0 Å². The lowest BCUT2D eigenvalue weighted by Gasteiger charge is -2.11. The molecule has 3 heterocycles. The van der Waals surface area contributed by atoms with Crippen LogP contribution in [-0.2, 0) is 24.6 Å². The summed E-state index contributed by atoms with van der Waals surface area (Å²) in [6, 6.07) is 0.951. The fraction of sp³-hybridized carbons (Fsp3) is 0.333. The highest BCUT2D eigenvalue weighted by atomic mass is 19.4. The van der Waals surface area contributed by atoms with Gasteiger partial charge in [0.15, 0.2) is 5.65 Å². The first-order valence-corrected chi connectivity index (χ1v) is 7.25. The van der Waals surface area contributed by atoms with E-state index >= 15 is 0 Å². The molecule has 0 spiro atoms. The van der Waals surface area contributed by atoms with Gasteiger partial charge in [0.2, 0.25) is 0 Å². The van der Waals surface area contributed by atoms with Gasteiger partial charge >= 0.3 is 12.1 Å². The summed E-state index contributed by atoms with van der Waals surface area (Å²) in [6.45, 7) is 2.48. The van der Waals surface area contributed by atoms with Gasteiger partial charge in [-0.15, -0.1) is 0 Å². The zero-order valence-electron chi connectivity index (χ0n) is 13.6. The van der Waals surface area contributed by atoms with E-state index in [-0.39, 0.29) is 22.4 Å². The summed E-state index contributed by atoms with van der Waals surface area (Å²) in [4.78, 5) is 15.2. The van der Waals surface area contributed by atoms with Crippen LogP contribution in [-0.4, -0.2) is 35.6 Å². The zero-order valence-corrected chi connectivity index (χ0v) is 13.6. The van der Waals surface area contributed by atoms with Gasteiger partial charge in [-0.05, 0) is 19.9 Å². The normalized spacial score (nSPS) is 12.1. The first-order chi connectivity index (χ1) is 11.6. The van der Waals surface area contributed by atoms with Crippen molar-refractivity contribution in [1.29, 1.82) is 0 Å². The summed E-state index contributed by atoms with van der Waals surface area (Å²) in [5.41, 5.74) is 0.0829. The van der Waals surface area contributed by atoms with Crippen LogP contribution in [0.5, 0.6) is 0 Å². The van der Waals surface area contributed by atoms with E-state index in [1.165, 1.54) is 11.6 Å². The van der Waals surface area contributed by atoms with E-state index in [1.54, 1.807) is 20.2 Å². The van der Waals surface area contributed by atoms with Crippen LogP contribution in [0.3, 0.4) is 0 Å². The molecule has 0 unspecified atom stereocenters. The van der Waals surface area contributed by atoms with Crippen molar-refractivity contribution in [2.45, 2.75) is 26.6 Å². The maximum Gasteiger partial charge on any atom is 0.417 e. The minimum Gasteiger partial charge on any atom is -0.480 e. The topological polar surface area (TPSA) is 85.8 Å². The van der Waals surface area contributed by atoms with Gasteiger partial charge in [-0.1, -0.05) is 0 Å². The van der Waals surface area contributed by atoms with Crippen LogP contribution >= 0.6 is 0 Å². The molecule has 7 nitrogen and oxygen atoms in total. The Labute approximate surface area is 139 Å². The van der Waals surface area contributed by atoms with Gasteiger partial charge < -0.3 is 5.11 Å². The number of fused-ring (bicyclic) bond motifs is 1. The second-order valence-electron chi connectivity index (χ2n) is 5.69. The Balaban J connectivity index is 2.37. The lowest BCUT2D eigenvalue weighted by molar-refractivity contribution is -0.138. The van der Waals surface area contributed by atoms with Crippen molar-refractivity contribution >= 4 is 17.0 Å². The molecule has 0 aliphatic carbocycles. The maximum absolute atomic E-state index is 13.6. The van der Waals surface area contributed by atoms with Crippen LogP contribution in [0.4, 0.5) is 13.2 Å². The largest absolute Gasteiger partial charge is 0.480 e. The smallest absolute Gasteiger partial charge is 0.417 e. The minimum absolute atomic E-state index is 0.0666. The van der Waals surface area contributed by atoms with Crippen molar-refractivity contribution in [3.05, 3.63) is 29.2 Å². The molecular formula is C15H14F3N5O2. The summed E-state index contributed by atoms with van der Waals surface area (Å²) in [5.74, 6) is -1.22. The monoisotopic (exact) mass is 353 g/mol. The van der Waals surface area contributed by atoms with Crippen LogP contribution in [0.1, 0.15) is 17.0 Å². The Kier molecular flexibility index (Phi) is 3.77. The molecule has 0 bridgehead atoms.